The number of carbonyl (C=O) groups is 2. The summed E-state index contributed by atoms with van der Waals surface area (Å²) in [7, 11) is 0. The number of aldehydes is 1. The molecule has 0 bridgehead atoms. The monoisotopic (exact) mass is 303 g/mol. The molecule has 120 valence electrons. The summed E-state index contributed by atoms with van der Waals surface area (Å²) >= 11 is 0. The Kier molecular flexibility index (Phi) is 4.89. The van der Waals surface area contributed by atoms with Gasteiger partial charge in [0.05, 0.1) is 0 Å². The molecule has 1 aromatic rings. The highest BCUT2D eigenvalue weighted by Crippen LogP contribution is 2.29. The molecular formula is C18H25NO3. The number of rotatable bonds is 4. The molecule has 1 aromatic carbocycles. The van der Waals surface area contributed by atoms with Gasteiger partial charge >= 0.3 is 6.09 Å². The Hall–Kier alpha value is -1.84. The van der Waals surface area contributed by atoms with Gasteiger partial charge in [0, 0.05) is 19.0 Å². The number of hydrogen-bond acceptors (Lipinski definition) is 3. The number of likely N-dealkylation sites (tertiary alicyclic amines) is 1. The minimum Gasteiger partial charge on any atom is -0.444 e. The quantitative estimate of drug-likeness (QED) is 0.799. The lowest BCUT2D eigenvalue weighted by atomic mass is 9.85. The fraction of sp³-hybridized carbons (Fsp3) is 0.556. The molecule has 1 aliphatic rings. The van der Waals surface area contributed by atoms with Gasteiger partial charge < -0.3 is 14.4 Å². The van der Waals surface area contributed by atoms with Crippen LogP contribution in [0.4, 0.5) is 4.79 Å². The second-order valence-corrected chi connectivity index (χ2v) is 7.14. The third kappa shape index (κ3) is 4.33. The molecule has 0 aliphatic carbocycles. The van der Waals surface area contributed by atoms with Crippen LogP contribution in [-0.2, 0) is 9.53 Å². The van der Waals surface area contributed by atoms with Crippen molar-refractivity contribution in [3.63, 3.8) is 0 Å². The van der Waals surface area contributed by atoms with Crippen molar-refractivity contribution in [2.75, 3.05) is 13.1 Å². The van der Waals surface area contributed by atoms with Crippen molar-refractivity contribution in [2.24, 2.45) is 5.92 Å². The molecule has 1 heterocycles. The van der Waals surface area contributed by atoms with E-state index in [9.17, 15) is 9.59 Å². The van der Waals surface area contributed by atoms with Crippen LogP contribution in [0, 0.1) is 12.8 Å². The van der Waals surface area contributed by atoms with E-state index in [0.29, 0.717) is 19.0 Å². The average Bonchev–Trinajstić information content (AvgIpc) is 2.37. The average molecular weight is 303 g/mol. The number of nitrogens with zero attached hydrogens (tertiary/aromatic N) is 1. The maximum atomic E-state index is 11.9. The van der Waals surface area contributed by atoms with Crippen molar-refractivity contribution in [3.8, 4) is 0 Å². The topological polar surface area (TPSA) is 46.6 Å². The molecule has 0 aromatic heterocycles. The molecule has 0 radical (unpaired) electrons. The molecule has 1 fully saturated rings. The molecule has 2 rings (SSSR count). The molecule has 1 unspecified atom stereocenters. The van der Waals surface area contributed by atoms with Gasteiger partial charge in [0.1, 0.15) is 11.9 Å². The second kappa shape index (κ2) is 6.51. The standard InChI is InChI=1S/C18H25NO3/c1-13-5-7-15(8-6-13)16(12-20)9-14-10-19(11-14)17(21)22-18(2,3)4/h5-8,12,14,16H,9-11H2,1-4H3. The van der Waals surface area contributed by atoms with Crippen molar-refractivity contribution in [3.05, 3.63) is 35.4 Å². The van der Waals surface area contributed by atoms with Gasteiger partial charge in [0.2, 0.25) is 0 Å². The Bertz CT molecular complexity index is 524. The van der Waals surface area contributed by atoms with Crippen molar-refractivity contribution < 1.29 is 14.3 Å². The minimum absolute atomic E-state index is 0.0913. The predicted molar refractivity (Wildman–Crippen MR) is 85.9 cm³/mol. The first-order chi connectivity index (χ1) is 10.3. The summed E-state index contributed by atoms with van der Waals surface area (Å²) in [6.45, 7) is 8.96. The summed E-state index contributed by atoms with van der Waals surface area (Å²) in [4.78, 5) is 24.9. The first-order valence-electron chi connectivity index (χ1n) is 7.78. The zero-order chi connectivity index (χ0) is 16.3. The maximum Gasteiger partial charge on any atom is 0.410 e. The zero-order valence-electron chi connectivity index (χ0n) is 13.8. The van der Waals surface area contributed by atoms with Crippen LogP contribution in [0.25, 0.3) is 0 Å². The van der Waals surface area contributed by atoms with E-state index >= 15 is 0 Å². The highest BCUT2D eigenvalue weighted by molar-refractivity contribution is 5.69. The summed E-state index contributed by atoms with van der Waals surface area (Å²) in [5.41, 5.74) is 1.78. The van der Waals surface area contributed by atoms with Crippen molar-refractivity contribution in [1.82, 2.24) is 4.90 Å². The van der Waals surface area contributed by atoms with E-state index < -0.39 is 5.60 Å². The molecule has 0 N–H and O–H groups in total. The van der Waals surface area contributed by atoms with E-state index in [-0.39, 0.29) is 12.0 Å². The Labute approximate surface area is 132 Å². The number of carbonyl (C=O) groups excluding carboxylic acids is 2. The van der Waals surface area contributed by atoms with Crippen molar-refractivity contribution in [2.45, 2.75) is 45.6 Å². The number of benzene rings is 1. The minimum atomic E-state index is -0.463. The zero-order valence-corrected chi connectivity index (χ0v) is 13.8. The Balaban J connectivity index is 1.84. The lowest BCUT2D eigenvalue weighted by molar-refractivity contribution is -0.109. The van der Waals surface area contributed by atoms with Gasteiger partial charge in [-0.15, -0.1) is 0 Å². The number of ether oxygens (including phenoxy) is 1. The SMILES string of the molecule is Cc1ccc(C(C=O)CC2CN(C(=O)OC(C)(C)C)C2)cc1. The van der Waals surface area contributed by atoms with Crippen LogP contribution < -0.4 is 0 Å². The van der Waals surface area contributed by atoms with Gasteiger partial charge in [0.25, 0.3) is 0 Å². The molecule has 1 saturated heterocycles. The lowest BCUT2D eigenvalue weighted by Crippen LogP contribution is -2.51. The van der Waals surface area contributed by atoms with E-state index in [1.807, 2.05) is 52.0 Å². The number of hydrogen-bond donors (Lipinski definition) is 0. The number of amides is 1. The van der Waals surface area contributed by atoms with E-state index in [1.165, 1.54) is 5.56 Å². The number of aryl methyl sites for hydroxylation is 1. The van der Waals surface area contributed by atoms with Crippen LogP contribution in [0.3, 0.4) is 0 Å². The van der Waals surface area contributed by atoms with Crippen LogP contribution in [0.15, 0.2) is 24.3 Å². The Morgan fingerprint density at radius 3 is 2.41 bits per heavy atom. The highest BCUT2D eigenvalue weighted by Gasteiger charge is 2.35. The van der Waals surface area contributed by atoms with Gasteiger partial charge in [-0.3, -0.25) is 0 Å². The van der Waals surface area contributed by atoms with Gasteiger partial charge in [0.15, 0.2) is 0 Å². The lowest BCUT2D eigenvalue weighted by Gasteiger charge is -2.40. The van der Waals surface area contributed by atoms with Crippen molar-refractivity contribution in [1.29, 1.82) is 0 Å². The predicted octanol–water partition coefficient (Wildman–Crippen LogP) is 3.53. The van der Waals surface area contributed by atoms with Gasteiger partial charge in [-0.05, 0) is 45.6 Å². The van der Waals surface area contributed by atoms with Crippen LogP contribution in [0.1, 0.15) is 44.2 Å². The fourth-order valence-corrected chi connectivity index (χ4v) is 2.64. The fourth-order valence-electron chi connectivity index (χ4n) is 2.64. The van der Waals surface area contributed by atoms with E-state index in [2.05, 4.69) is 0 Å². The summed E-state index contributed by atoms with van der Waals surface area (Å²) in [5, 5.41) is 0. The Morgan fingerprint density at radius 1 is 1.32 bits per heavy atom. The molecular weight excluding hydrogens is 278 g/mol. The third-order valence-corrected chi connectivity index (χ3v) is 3.87. The molecule has 0 spiro atoms. The smallest absolute Gasteiger partial charge is 0.410 e. The van der Waals surface area contributed by atoms with Crippen molar-refractivity contribution >= 4 is 12.4 Å². The summed E-state index contributed by atoms with van der Waals surface area (Å²) < 4.78 is 5.34. The van der Waals surface area contributed by atoms with Gasteiger partial charge in [-0.2, -0.15) is 0 Å². The normalized spacial score (nSPS) is 16.8. The molecule has 4 heteroatoms. The van der Waals surface area contributed by atoms with E-state index in [1.54, 1.807) is 4.90 Å². The Morgan fingerprint density at radius 2 is 1.91 bits per heavy atom. The third-order valence-electron chi connectivity index (χ3n) is 3.87. The molecule has 0 saturated carbocycles. The molecule has 1 amide bonds. The van der Waals surface area contributed by atoms with Crippen LogP contribution in [0.2, 0.25) is 0 Å². The highest BCUT2D eigenvalue weighted by atomic mass is 16.6. The summed E-state index contributed by atoms with van der Waals surface area (Å²) in [6, 6.07) is 8.08. The van der Waals surface area contributed by atoms with E-state index in [0.717, 1.165) is 18.3 Å². The first kappa shape index (κ1) is 16.5. The van der Waals surface area contributed by atoms with E-state index in [4.69, 9.17) is 4.74 Å². The molecule has 1 aliphatic heterocycles. The summed E-state index contributed by atoms with van der Waals surface area (Å²) in [6.07, 6.45) is 1.54. The van der Waals surface area contributed by atoms with Gasteiger partial charge in [-0.1, -0.05) is 29.8 Å². The first-order valence-corrected chi connectivity index (χ1v) is 7.78. The van der Waals surface area contributed by atoms with Crippen LogP contribution >= 0.6 is 0 Å². The van der Waals surface area contributed by atoms with Crippen LogP contribution in [0.5, 0.6) is 0 Å². The molecule has 1 atom stereocenters. The largest absolute Gasteiger partial charge is 0.444 e. The molecule has 4 nitrogen and oxygen atoms in total. The van der Waals surface area contributed by atoms with Gasteiger partial charge in [-0.25, -0.2) is 4.79 Å². The second-order valence-electron chi connectivity index (χ2n) is 7.14. The summed E-state index contributed by atoms with van der Waals surface area (Å²) in [5.74, 6) is 0.274. The maximum absolute atomic E-state index is 11.9. The van der Waals surface area contributed by atoms with Crippen LogP contribution in [-0.4, -0.2) is 36.0 Å². The molecule has 22 heavy (non-hydrogen) atoms.